The molecule has 0 radical (unpaired) electrons. The van der Waals surface area contributed by atoms with Crippen LogP contribution in [0.25, 0.3) is 0 Å². The standard InChI is InChI=1S/C13H24N2O2/c1-10-4-3-5-14-12(10)8-13(16)15-6-7-17-9-11(15)2/h10-12,14H,3-9H2,1-2H3. The first-order chi connectivity index (χ1) is 8.18. The molecule has 2 rings (SSSR count). The van der Waals surface area contributed by atoms with E-state index in [1.807, 2.05) is 4.90 Å². The zero-order valence-corrected chi connectivity index (χ0v) is 10.9. The lowest BCUT2D eigenvalue weighted by Crippen LogP contribution is -2.50. The second-order valence-electron chi connectivity index (χ2n) is 5.40. The molecule has 2 aliphatic rings. The second kappa shape index (κ2) is 5.83. The van der Waals surface area contributed by atoms with Gasteiger partial charge in [0.25, 0.3) is 0 Å². The van der Waals surface area contributed by atoms with E-state index in [1.165, 1.54) is 12.8 Å². The van der Waals surface area contributed by atoms with Gasteiger partial charge in [0.2, 0.25) is 5.91 Å². The first-order valence-corrected chi connectivity index (χ1v) is 6.79. The molecule has 1 amide bonds. The number of amides is 1. The number of carbonyl (C=O) groups is 1. The van der Waals surface area contributed by atoms with E-state index in [4.69, 9.17) is 4.74 Å². The Morgan fingerprint density at radius 3 is 3.00 bits per heavy atom. The van der Waals surface area contributed by atoms with Crippen molar-refractivity contribution in [2.45, 2.75) is 45.2 Å². The Hall–Kier alpha value is -0.610. The van der Waals surface area contributed by atoms with Crippen molar-refractivity contribution in [2.75, 3.05) is 26.3 Å². The van der Waals surface area contributed by atoms with E-state index < -0.39 is 0 Å². The van der Waals surface area contributed by atoms with Crippen LogP contribution in [0.15, 0.2) is 0 Å². The Morgan fingerprint density at radius 2 is 2.29 bits per heavy atom. The number of nitrogens with one attached hydrogen (secondary N) is 1. The summed E-state index contributed by atoms with van der Waals surface area (Å²) in [6.45, 7) is 7.48. The molecule has 0 aromatic rings. The van der Waals surface area contributed by atoms with Gasteiger partial charge in [-0.05, 0) is 32.2 Å². The second-order valence-corrected chi connectivity index (χ2v) is 5.40. The monoisotopic (exact) mass is 240 g/mol. The third kappa shape index (κ3) is 3.19. The van der Waals surface area contributed by atoms with Crippen LogP contribution in [0.3, 0.4) is 0 Å². The van der Waals surface area contributed by atoms with Crippen molar-refractivity contribution in [2.24, 2.45) is 5.92 Å². The predicted molar refractivity (Wildman–Crippen MR) is 66.8 cm³/mol. The fourth-order valence-corrected chi connectivity index (χ4v) is 2.79. The van der Waals surface area contributed by atoms with Gasteiger partial charge >= 0.3 is 0 Å². The van der Waals surface area contributed by atoms with Gasteiger partial charge in [0.05, 0.1) is 19.3 Å². The fourth-order valence-electron chi connectivity index (χ4n) is 2.79. The van der Waals surface area contributed by atoms with Gasteiger partial charge in [-0.15, -0.1) is 0 Å². The van der Waals surface area contributed by atoms with E-state index in [0.717, 1.165) is 13.1 Å². The number of ether oxygens (including phenoxy) is 1. The molecule has 0 aliphatic carbocycles. The Labute approximate surface area is 104 Å². The zero-order chi connectivity index (χ0) is 12.3. The van der Waals surface area contributed by atoms with Crippen LogP contribution in [0, 0.1) is 5.92 Å². The van der Waals surface area contributed by atoms with E-state index >= 15 is 0 Å². The van der Waals surface area contributed by atoms with Crippen molar-refractivity contribution in [3.05, 3.63) is 0 Å². The summed E-state index contributed by atoms with van der Waals surface area (Å²) in [5.74, 6) is 0.899. The van der Waals surface area contributed by atoms with Crippen molar-refractivity contribution < 1.29 is 9.53 Å². The van der Waals surface area contributed by atoms with E-state index in [-0.39, 0.29) is 11.9 Å². The fraction of sp³-hybridized carbons (Fsp3) is 0.923. The minimum Gasteiger partial charge on any atom is -0.377 e. The van der Waals surface area contributed by atoms with Crippen molar-refractivity contribution in [3.63, 3.8) is 0 Å². The molecule has 0 aromatic carbocycles. The maximum absolute atomic E-state index is 12.3. The Balaban J connectivity index is 1.86. The molecule has 1 N–H and O–H groups in total. The summed E-state index contributed by atoms with van der Waals surface area (Å²) in [4.78, 5) is 14.2. The number of hydrogen-bond donors (Lipinski definition) is 1. The van der Waals surface area contributed by atoms with E-state index in [0.29, 0.717) is 31.6 Å². The normalized spacial score (nSPS) is 34.7. The molecule has 3 atom stereocenters. The Bertz CT molecular complexity index is 270. The molecular weight excluding hydrogens is 216 g/mol. The lowest BCUT2D eigenvalue weighted by Gasteiger charge is -2.36. The summed E-state index contributed by atoms with van der Waals surface area (Å²) in [5.41, 5.74) is 0. The van der Waals surface area contributed by atoms with Gasteiger partial charge in [-0.25, -0.2) is 0 Å². The molecule has 0 saturated carbocycles. The molecule has 98 valence electrons. The highest BCUT2D eigenvalue weighted by atomic mass is 16.5. The topological polar surface area (TPSA) is 41.6 Å². The largest absolute Gasteiger partial charge is 0.377 e. The van der Waals surface area contributed by atoms with Crippen LogP contribution in [0.2, 0.25) is 0 Å². The van der Waals surface area contributed by atoms with Crippen LogP contribution in [0.5, 0.6) is 0 Å². The van der Waals surface area contributed by atoms with Gasteiger partial charge in [0, 0.05) is 19.0 Å². The molecule has 2 fully saturated rings. The zero-order valence-electron chi connectivity index (χ0n) is 10.9. The molecule has 3 unspecified atom stereocenters. The van der Waals surface area contributed by atoms with Gasteiger partial charge in [-0.1, -0.05) is 6.92 Å². The first kappa shape index (κ1) is 12.8. The highest BCUT2D eigenvalue weighted by Crippen LogP contribution is 2.19. The van der Waals surface area contributed by atoms with Gasteiger partial charge < -0.3 is 15.0 Å². The SMILES string of the molecule is CC1CCCNC1CC(=O)N1CCOCC1C. The minimum absolute atomic E-state index is 0.232. The van der Waals surface area contributed by atoms with Crippen LogP contribution in [0.4, 0.5) is 0 Å². The summed E-state index contributed by atoms with van der Waals surface area (Å²) in [6.07, 6.45) is 3.12. The molecule has 2 aliphatic heterocycles. The number of piperidine rings is 1. The molecule has 17 heavy (non-hydrogen) atoms. The maximum Gasteiger partial charge on any atom is 0.224 e. The van der Waals surface area contributed by atoms with Crippen molar-refractivity contribution in [3.8, 4) is 0 Å². The summed E-state index contributed by atoms with van der Waals surface area (Å²) in [5, 5.41) is 3.47. The van der Waals surface area contributed by atoms with Crippen LogP contribution >= 0.6 is 0 Å². The lowest BCUT2D eigenvalue weighted by atomic mass is 9.90. The lowest BCUT2D eigenvalue weighted by molar-refractivity contribution is -0.140. The average molecular weight is 240 g/mol. The minimum atomic E-state index is 0.232. The quantitative estimate of drug-likeness (QED) is 0.783. The molecule has 0 bridgehead atoms. The molecule has 0 spiro atoms. The third-order valence-corrected chi connectivity index (χ3v) is 4.01. The van der Waals surface area contributed by atoms with Gasteiger partial charge in [-0.2, -0.15) is 0 Å². The number of hydrogen-bond acceptors (Lipinski definition) is 3. The number of morpholine rings is 1. The van der Waals surface area contributed by atoms with E-state index in [2.05, 4.69) is 19.2 Å². The van der Waals surface area contributed by atoms with Gasteiger partial charge in [-0.3, -0.25) is 4.79 Å². The molecule has 2 saturated heterocycles. The van der Waals surface area contributed by atoms with Gasteiger partial charge in [0.15, 0.2) is 0 Å². The summed E-state index contributed by atoms with van der Waals surface area (Å²) in [6, 6.07) is 0.599. The van der Waals surface area contributed by atoms with Crippen molar-refractivity contribution >= 4 is 5.91 Å². The summed E-state index contributed by atoms with van der Waals surface area (Å²) in [7, 11) is 0. The van der Waals surface area contributed by atoms with Crippen LogP contribution in [-0.2, 0) is 9.53 Å². The smallest absolute Gasteiger partial charge is 0.224 e. The average Bonchev–Trinajstić information content (AvgIpc) is 2.32. The highest BCUT2D eigenvalue weighted by Gasteiger charge is 2.28. The molecule has 0 aromatic heterocycles. The highest BCUT2D eigenvalue weighted by molar-refractivity contribution is 5.77. The predicted octanol–water partition coefficient (Wildman–Crippen LogP) is 1.01. The maximum atomic E-state index is 12.3. The van der Waals surface area contributed by atoms with Crippen molar-refractivity contribution in [1.29, 1.82) is 0 Å². The Morgan fingerprint density at radius 1 is 1.47 bits per heavy atom. The molecule has 4 nitrogen and oxygen atoms in total. The van der Waals surface area contributed by atoms with Crippen molar-refractivity contribution in [1.82, 2.24) is 10.2 Å². The Kier molecular flexibility index (Phi) is 4.40. The number of nitrogens with zero attached hydrogens (tertiary/aromatic N) is 1. The molecular formula is C13H24N2O2. The van der Waals surface area contributed by atoms with E-state index in [9.17, 15) is 4.79 Å². The van der Waals surface area contributed by atoms with Crippen LogP contribution in [-0.4, -0.2) is 49.2 Å². The van der Waals surface area contributed by atoms with Crippen LogP contribution < -0.4 is 5.32 Å². The summed E-state index contributed by atoms with van der Waals surface area (Å²) >= 11 is 0. The van der Waals surface area contributed by atoms with Gasteiger partial charge in [0.1, 0.15) is 0 Å². The molecule has 4 heteroatoms. The van der Waals surface area contributed by atoms with E-state index in [1.54, 1.807) is 0 Å². The number of rotatable bonds is 2. The van der Waals surface area contributed by atoms with Crippen LogP contribution in [0.1, 0.15) is 33.1 Å². The number of carbonyl (C=O) groups excluding carboxylic acids is 1. The molecule has 2 heterocycles. The first-order valence-electron chi connectivity index (χ1n) is 6.79. The summed E-state index contributed by atoms with van der Waals surface area (Å²) < 4.78 is 5.36. The third-order valence-electron chi connectivity index (χ3n) is 4.01.